The van der Waals surface area contributed by atoms with Crippen molar-refractivity contribution in [2.45, 2.75) is 25.3 Å². The van der Waals surface area contributed by atoms with E-state index >= 15 is 0 Å². The average Bonchev–Trinajstić information content (AvgIpc) is 3.30. The standard InChI is InChI=1S/C25H18ClF6N5O4/c1-36-12-15(11-34-36)8-16-13-37(41-22(39)25(30,31)32)23(35-21(16)38)33-10-14-2-4-17(5-3-14)40-18-6-7-20(26)19(9-18)24(27,28)29/h2-7,9,11-13H,8,10H2,1H3,(H,33,35,38). The summed E-state index contributed by atoms with van der Waals surface area (Å²) in [5.41, 5.74) is -0.826. The van der Waals surface area contributed by atoms with E-state index in [1.54, 1.807) is 13.2 Å². The molecule has 0 saturated carbocycles. The zero-order chi connectivity index (χ0) is 29.9. The maximum atomic E-state index is 13.1. The van der Waals surface area contributed by atoms with E-state index in [1.165, 1.54) is 41.2 Å². The third kappa shape index (κ3) is 7.57. The van der Waals surface area contributed by atoms with Crippen LogP contribution in [0, 0.1) is 0 Å². The molecule has 2 aromatic carbocycles. The van der Waals surface area contributed by atoms with Crippen molar-refractivity contribution in [2.75, 3.05) is 5.32 Å². The minimum Gasteiger partial charge on any atom is -0.457 e. The molecule has 2 heterocycles. The number of hydrogen-bond donors (Lipinski definition) is 1. The average molecular weight is 602 g/mol. The molecular weight excluding hydrogens is 584 g/mol. The van der Waals surface area contributed by atoms with Crippen molar-refractivity contribution in [3.05, 3.63) is 98.7 Å². The third-order valence-electron chi connectivity index (χ3n) is 5.38. The Kier molecular flexibility index (Phi) is 8.28. The Bertz CT molecular complexity index is 1620. The molecule has 216 valence electrons. The predicted octanol–water partition coefficient (Wildman–Crippen LogP) is 5.16. The first-order valence-electron chi connectivity index (χ1n) is 11.5. The first-order chi connectivity index (χ1) is 19.2. The second-order valence-corrected chi connectivity index (χ2v) is 8.94. The van der Waals surface area contributed by atoms with Crippen LogP contribution in [0.1, 0.15) is 22.3 Å². The summed E-state index contributed by atoms with van der Waals surface area (Å²) in [5.74, 6) is -2.95. The molecule has 4 rings (SSSR count). The van der Waals surface area contributed by atoms with Crippen molar-refractivity contribution >= 4 is 23.5 Å². The van der Waals surface area contributed by atoms with Gasteiger partial charge in [-0.1, -0.05) is 23.7 Å². The monoisotopic (exact) mass is 601 g/mol. The summed E-state index contributed by atoms with van der Waals surface area (Å²) in [6, 6.07) is 8.94. The van der Waals surface area contributed by atoms with Crippen LogP contribution in [-0.4, -0.2) is 31.6 Å². The van der Waals surface area contributed by atoms with Gasteiger partial charge in [0.15, 0.2) is 0 Å². The van der Waals surface area contributed by atoms with Crippen molar-refractivity contribution in [3.8, 4) is 11.5 Å². The highest BCUT2D eigenvalue weighted by Gasteiger charge is 2.42. The lowest BCUT2D eigenvalue weighted by Gasteiger charge is -2.15. The number of carbonyl (C=O) groups is 1. The van der Waals surface area contributed by atoms with Gasteiger partial charge in [-0.25, -0.2) is 4.79 Å². The molecule has 0 spiro atoms. The molecule has 1 N–H and O–H groups in total. The first-order valence-corrected chi connectivity index (χ1v) is 11.8. The Hall–Kier alpha value is -4.53. The van der Waals surface area contributed by atoms with Gasteiger partial charge in [0.05, 0.1) is 23.0 Å². The summed E-state index contributed by atoms with van der Waals surface area (Å²) >= 11 is 5.61. The van der Waals surface area contributed by atoms with E-state index in [9.17, 15) is 35.9 Å². The lowest BCUT2D eigenvalue weighted by atomic mass is 10.1. The van der Waals surface area contributed by atoms with Crippen LogP contribution in [0.2, 0.25) is 5.02 Å². The molecule has 0 aliphatic rings. The fraction of sp³-hybridized carbons (Fsp3) is 0.200. The lowest BCUT2D eigenvalue weighted by molar-refractivity contribution is -0.199. The van der Waals surface area contributed by atoms with Crippen LogP contribution < -0.4 is 20.5 Å². The number of benzene rings is 2. The Morgan fingerprint density at radius 3 is 2.29 bits per heavy atom. The van der Waals surface area contributed by atoms with Gasteiger partial charge in [0.1, 0.15) is 11.5 Å². The highest BCUT2D eigenvalue weighted by Crippen LogP contribution is 2.37. The number of aromatic nitrogens is 4. The van der Waals surface area contributed by atoms with E-state index in [-0.39, 0.29) is 30.0 Å². The summed E-state index contributed by atoms with van der Waals surface area (Å²) in [5, 5.41) is 6.10. The highest BCUT2D eigenvalue weighted by molar-refractivity contribution is 6.31. The van der Waals surface area contributed by atoms with Gasteiger partial charge in [-0.2, -0.15) is 36.4 Å². The number of ether oxygens (including phenoxy) is 1. The van der Waals surface area contributed by atoms with E-state index in [1.807, 2.05) is 0 Å². The highest BCUT2D eigenvalue weighted by atomic mass is 35.5. The van der Waals surface area contributed by atoms with Crippen LogP contribution in [0.25, 0.3) is 0 Å². The van der Waals surface area contributed by atoms with Crippen LogP contribution in [0.4, 0.5) is 32.3 Å². The molecule has 0 fully saturated rings. The number of nitrogens with one attached hydrogen (secondary N) is 1. The number of aryl methyl sites for hydroxylation is 1. The quantitative estimate of drug-likeness (QED) is 0.279. The van der Waals surface area contributed by atoms with Crippen molar-refractivity contribution < 1.29 is 40.7 Å². The maximum absolute atomic E-state index is 13.1. The topological polar surface area (TPSA) is 100 Å². The number of halogens is 7. The van der Waals surface area contributed by atoms with E-state index in [0.29, 0.717) is 15.9 Å². The first kappa shape index (κ1) is 29.5. The number of hydrogen-bond acceptors (Lipinski definition) is 7. The summed E-state index contributed by atoms with van der Waals surface area (Å²) in [6.07, 6.45) is -6.06. The van der Waals surface area contributed by atoms with E-state index in [4.69, 9.17) is 16.3 Å². The smallest absolute Gasteiger partial charge is 0.457 e. The second-order valence-electron chi connectivity index (χ2n) is 8.54. The van der Waals surface area contributed by atoms with E-state index < -0.39 is 40.4 Å². The minimum absolute atomic E-state index is 0.0386. The molecule has 0 aliphatic carbocycles. The molecule has 0 radical (unpaired) electrons. The summed E-state index contributed by atoms with van der Waals surface area (Å²) in [6.45, 7) is -0.0998. The SMILES string of the molecule is Cn1cc(Cc2cn(OC(=O)C(F)(F)F)c(NCc3ccc(Oc4ccc(Cl)c(C(F)(F)F)c4)cc3)nc2=O)cn1. The molecule has 16 heteroatoms. The van der Waals surface area contributed by atoms with Crippen LogP contribution in [0.15, 0.2) is 65.8 Å². The summed E-state index contributed by atoms with van der Waals surface area (Å²) in [7, 11) is 1.64. The van der Waals surface area contributed by atoms with Crippen LogP contribution in [0.3, 0.4) is 0 Å². The fourth-order valence-electron chi connectivity index (χ4n) is 3.49. The molecular formula is C25H18ClF6N5O4. The van der Waals surface area contributed by atoms with Crippen LogP contribution in [-0.2, 0) is 31.0 Å². The normalized spacial score (nSPS) is 11.8. The second kappa shape index (κ2) is 11.5. The minimum atomic E-state index is -5.31. The summed E-state index contributed by atoms with van der Waals surface area (Å²) in [4.78, 5) is 32.2. The Morgan fingerprint density at radius 2 is 1.68 bits per heavy atom. The fourth-order valence-corrected chi connectivity index (χ4v) is 3.71. The van der Waals surface area contributed by atoms with Gasteiger partial charge in [0.2, 0.25) is 5.95 Å². The molecule has 0 unspecified atom stereocenters. The molecule has 0 bridgehead atoms. The van der Waals surface area contributed by atoms with E-state index in [0.717, 1.165) is 18.3 Å². The Labute approximate surface area is 231 Å². The Balaban J connectivity index is 1.51. The van der Waals surface area contributed by atoms with Crippen molar-refractivity contribution in [2.24, 2.45) is 7.05 Å². The van der Waals surface area contributed by atoms with Gasteiger partial charge in [0, 0.05) is 31.8 Å². The van der Waals surface area contributed by atoms with Gasteiger partial charge < -0.3 is 14.9 Å². The van der Waals surface area contributed by atoms with Crippen molar-refractivity contribution in [3.63, 3.8) is 0 Å². The number of anilines is 1. The lowest BCUT2D eigenvalue weighted by Crippen LogP contribution is -2.35. The number of rotatable bonds is 8. The van der Waals surface area contributed by atoms with Gasteiger partial charge in [0.25, 0.3) is 5.56 Å². The number of carbonyl (C=O) groups excluding carboxylic acids is 1. The van der Waals surface area contributed by atoms with Crippen molar-refractivity contribution in [1.29, 1.82) is 0 Å². The van der Waals surface area contributed by atoms with Gasteiger partial charge in [-0.05, 0) is 41.5 Å². The number of nitrogens with zero attached hydrogens (tertiary/aromatic N) is 4. The molecule has 2 aromatic heterocycles. The predicted molar refractivity (Wildman–Crippen MR) is 132 cm³/mol. The maximum Gasteiger partial charge on any atom is 0.493 e. The molecule has 9 nitrogen and oxygen atoms in total. The number of alkyl halides is 6. The molecule has 4 aromatic rings. The van der Waals surface area contributed by atoms with Crippen LogP contribution in [0.5, 0.6) is 11.5 Å². The molecule has 0 saturated heterocycles. The molecule has 41 heavy (non-hydrogen) atoms. The molecule has 0 aliphatic heterocycles. The van der Waals surface area contributed by atoms with Gasteiger partial charge in [-0.3, -0.25) is 9.48 Å². The van der Waals surface area contributed by atoms with Crippen molar-refractivity contribution in [1.82, 2.24) is 19.5 Å². The zero-order valence-corrected chi connectivity index (χ0v) is 21.5. The van der Waals surface area contributed by atoms with Gasteiger partial charge >= 0.3 is 18.3 Å². The van der Waals surface area contributed by atoms with Gasteiger partial charge in [-0.15, -0.1) is 4.73 Å². The van der Waals surface area contributed by atoms with E-state index in [2.05, 4.69) is 20.2 Å². The van der Waals surface area contributed by atoms with Crippen LogP contribution >= 0.6 is 11.6 Å². The largest absolute Gasteiger partial charge is 0.493 e. The molecule has 0 atom stereocenters. The Morgan fingerprint density at radius 1 is 1.00 bits per heavy atom. The summed E-state index contributed by atoms with van der Waals surface area (Å²) < 4.78 is 85.2. The zero-order valence-electron chi connectivity index (χ0n) is 20.8. The molecule has 0 amide bonds. The third-order valence-corrected chi connectivity index (χ3v) is 5.71.